The maximum atomic E-state index is 12.7. The average molecular weight is 443 g/mol. The first-order valence-corrected chi connectivity index (χ1v) is 10.6. The molecule has 0 radical (unpaired) electrons. The van der Waals surface area contributed by atoms with Crippen molar-refractivity contribution in [1.82, 2.24) is 10.6 Å². The van der Waals surface area contributed by atoms with Crippen LogP contribution in [0, 0.1) is 12.3 Å². The number of ether oxygens (including phenoxy) is 3. The lowest BCUT2D eigenvalue weighted by Gasteiger charge is -2.17. The van der Waals surface area contributed by atoms with E-state index < -0.39 is 6.10 Å². The Labute approximate surface area is 188 Å². The first-order valence-electron chi connectivity index (χ1n) is 10.2. The molecule has 3 rings (SSSR count). The van der Waals surface area contributed by atoms with Gasteiger partial charge in [-0.2, -0.15) is 0 Å². The Morgan fingerprint density at radius 1 is 1.29 bits per heavy atom. The molecule has 0 aromatic heterocycles. The third-order valence-corrected chi connectivity index (χ3v) is 5.15. The highest BCUT2D eigenvalue weighted by Gasteiger charge is 2.21. The molecule has 2 unspecified atom stereocenters. The maximum Gasteiger partial charge on any atom is 0.253 e. The molecule has 31 heavy (non-hydrogen) atoms. The molecular formula is C24H27ClN2O4. The van der Waals surface area contributed by atoms with Gasteiger partial charge in [-0.15, -0.1) is 6.42 Å². The fraction of sp³-hybridized carbons (Fsp3) is 0.375. The number of amides is 1. The van der Waals surface area contributed by atoms with Crippen molar-refractivity contribution in [3.63, 3.8) is 0 Å². The highest BCUT2D eigenvalue weighted by Crippen LogP contribution is 2.28. The minimum atomic E-state index is -0.792. The number of nitrogens with one attached hydrogen (secondary N) is 2. The van der Waals surface area contributed by atoms with Gasteiger partial charge in [0.05, 0.1) is 13.7 Å². The lowest BCUT2D eigenvalue weighted by molar-refractivity contribution is -0.132. The third-order valence-electron chi connectivity index (χ3n) is 4.90. The molecule has 1 fully saturated rings. The van der Waals surface area contributed by atoms with E-state index in [1.165, 1.54) is 0 Å². The van der Waals surface area contributed by atoms with Crippen molar-refractivity contribution < 1.29 is 19.0 Å². The van der Waals surface area contributed by atoms with Gasteiger partial charge in [-0.1, -0.05) is 35.7 Å². The van der Waals surface area contributed by atoms with Gasteiger partial charge in [-0.25, -0.2) is 0 Å². The van der Waals surface area contributed by atoms with Crippen LogP contribution in [-0.2, 0) is 16.0 Å². The lowest BCUT2D eigenvalue weighted by Crippen LogP contribution is -2.32. The van der Waals surface area contributed by atoms with E-state index in [1.807, 2.05) is 18.2 Å². The van der Waals surface area contributed by atoms with Crippen LogP contribution in [0.2, 0.25) is 5.02 Å². The Balaban J connectivity index is 1.53. The Bertz CT molecular complexity index is 907. The summed E-state index contributed by atoms with van der Waals surface area (Å²) in [6.07, 6.45) is 6.11. The van der Waals surface area contributed by atoms with E-state index in [4.69, 9.17) is 32.2 Å². The van der Waals surface area contributed by atoms with Gasteiger partial charge < -0.3 is 24.8 Å². The van der Waals surface area contributed by atoms with Crippen molar-refractivity contribution in [1.29, 1.82) is 0 Å². The van der Waals surface area contributed by atoms with Crippen molar-refractivity contribution in [3.8, 4) is 23.8 Å². The Kier molecular flexibility index (Phi) is 8.60. The topological polar surface area (TPSA) is 78.7 Å². The number of halogens is 1. The first kappa shape index (κ1) is 23.0. The molecule has 0 spiro atoms. The summed E-state index contributed by atoms with van der Waals surface area (Å²) in [5.41, 5.74) is 1.72. The summed E-state index contributed by atoms with van der Waals surface area (Å²) in [4.78, 5) is 12.7. The molecule has 2 aromatic carbocycles. The quantitative estimate of drug-likeness (QED) is 0.390. The minimum Gasteiger partial charge on any atom is -0.493 e. The SMILES string of the molecule is C#CCOC(C(=O)NCCc1ccc(OCCC2CN2)c(OC)c1)c1ccc(Cl)cc1. The zero-order chi connectivity index (χ0) is 22.1. The van der Waals surface area contributed by atoms with Gasteiger partial charge in [0.15, 0.2) is 17.6 Å². The molecule has 0 bridgehead atoms. The van der Waals surface area contributed by atoms with Gasteiger partial charge in [-0.05, 0) is 48.2 Å². The fourth-order valence-electron chi connectivity index (χ4n) is 3.10. The molecular weight excluding hydrogens is 416 g/mol. The van der Waals surface area contributed by atoms with E-state index in [0.717, 1.165) is 24.3 Å². The molecule has 7 heteroatoms. The molecule has 6 nitrogen and oxygen atoms in total. The molecule has 1 heterocycles. The number of carbonyl (C=O) groups is 1. The number of hydrogen-bond donors (Lipinski definition) is 2. The van der Waals surface area contributed by atoms with Crippen LogP contribution in [0.5, 0.6) is 11.5 Å². The molecule has 0 saturated carbocycles. The second-order valence-corrected chi connectivity index (χ2v) is 7.65. The smallest absolute Gasteiger partial charge is 0.253 e. The van der Waals surface area contributed by atoms with Crippen LogP contribution in [-0.4, -0.2) is 45.4 Å². The number of benzene rings is 2. The molecule has 1 saturated heterocycles. The minimum absolute atomic E-state index is 0.0379. The second-order valence-electron chi connectivity index (χ2n) is 7.22. The van der Waals surface area contributed by atoms with Crippen molar-refractivity contribution >= 4 is 17.5 Å². The van der Waals surface area contributed by atoms with Crippen LogP contribution in [0.1, 0.15) is 23.7 Å². The van der Waals surface area contributed by atoms with Gasteiger partial charge in [0.25, 0.3) is 5.91 Å². The van der Waals surface area contributed by atoms with Crippen LogP contribution in [0.15, 0.2) is 42.5 Å². The van der Waals surface area contributed by atoms with Gasteiger partial charge in [0.2, 0.25) is 0 Å². The molecule has 2 atom stereocenters. The number of carbonyl (C=O) groups excluding carboxylic acids is 1. The summed E-state index contributed by atoms with van der Waals surface area (Å²) in [7, 11) is 1.62. The monoisotopic (exact) mass is 442 g/mol. The predicted octanol–water partition coefficient (Wildman–Crippen LogP) is 3.14. The number of rotatable bonds is 12. The summed E-state index contributed by atoms with van der Waals surface area (Å²) in [5.74, 6) is 3.56. The van der Waals surface area contributed by atoms with E-state index in [9.17, 15) is 4.79 Å². The van der Waals surface area contributed by atoms with E-state index >= 15 is 0 Å². The lowest BCUT2D eigenvalue weighted by atomic mass is 10.1. The largest absolute Gasteiger partial charge is 0.493 e. The van der Waals surface area contributed by atoms with E-state index in [0.29, 0.717) is 41.9 Å². The van der Waals surface area contributed by atoms with E-state index in [1.54, 1.807) is 31.4 Å². The van der Waals surface area contributed by atoms with Crippen LogP contribution < -0.4 is 20.1 Å². The highest BCUT2D eigenvalue weighted by molar-refractivity contribution is 6.30. The normalized spacial score (nSPS) is 15.6. The molecule has 1 aliphatic heterocycles. The highest BCUT2D eigenvalue weighted by atomic mass is 35.5. The van der Waals surface area contributed by atoms with Crippen LogP contribution in [0.25, 0.3) is 0 Å². The maximum absolute atomic E-state index is 12.7. The third kappa shape index (κ3) is 7.18. The van der Waals surface area contributed by atoms with Crippen molar-refractivity contribution in [2.45, 2.75) is 25.0 Å². The summed E-state index contributed by atoms with van der Waals surface area (Å²) in [6, 6.07) is 13.3. The van der Waals surface area contributed by atoms with Crippen molar-refractivity contribution in [3.05, 3.63) is 58.6 Å². The van der Waals surface area contributed by atoms with E-state index in [-0.39, 0.29) is 12.5 Å². The van der Waals surface area contributed by atoms with Crippen LogP contribution in [0.3, 0.4) is 0 Å². The summed E-state index contributed by atoms with van der Waals surface area (Å²) in [6.45, 7) is 2.19. The molecule has 2 N–H and O–H groups in total. The zero-order valence-corrected chi connectivity index (χ0v) is 18.3. The van der Waals surface area contributed by atoms with Crippen molar-refractivity contribution in [2.75, 3.05) is 33.4 Å². The van der Waals surface area contributed by atoms with Gasteiger partial charge in [0, 0.05) is 24.2 Å². The zero-order valence-electron chi connectivity index (χ0n) is 17.5. The summed E-state index contributed by atoms with van der Waals surface area (Å²) >= 11 is 5.94. The Morgan fingerprint density at radius 3 is 2.74 bits per heavy atom. The predicted molar refractivity (Wildman–Crippen MR) is 121 cm³/mol. The molecule has 1 aliphatic rings. The number of hydrogen-bond acceptors (Lipinski definition) is 5. The number of methoxy groups -OCH3 is 1. The van der Waals surface area contributed by atoms with Crippen molar-refractivity contribution in [2.24, 2.45) is 0 Å². The van der Waals surface area contributed by atoms with E-state index in [2.05, 4.69) is 16.6 Å². The molecule has 0 aliphatic carbocycles. The van der Waals surface area contributed by atoms with Gasteiger partial charge in [0.1, 0.15) is 6.61 Å². The summed E-state index contributed by atoms with van der Waals surface area (Å²) < 4.78 is 16.8. The average Bonchev–Trinajstić information content (AvgIpc) is 3.60. The fourth-order valence-corrected chi connectivity index (χ4v) is 3.23. The van der Waals surface area contributed by atoms with Crippen LogP contribution >= 0.6 is 11.6 Å². The van der Waals surface area contributed by atoms with Gasteiger partial charge >= 0.3 is 0 Å². The molecule has 1 amide bonds. The standard InChI is InChI=1S/C24H27ClN2O4/c1-3-13-31-23(18-5-7-19(25)8-6-18)24(28)26-12-10-17-4-9-21(22(15-17)29-2)30-14-11-20-16-27-20/h1,4-9,15,20,23,27H,10-14,16H2,2H3,(H,26,28). The number of terminal acetylenes is 1. The second kappa shape index (κ2) is 11.6. The Morgan fingerprint density at radius 2 is 2.06 bits per heavy atom. The Hall–Kier alpha value is -2.72. The van der Waals surface area contributed by atoms with Gasteiger partial charge in [-0.3, -0.25) is 4.79 Å². The summed E-state index contributed by atoms with van der Waals surface area (Å²) in [5, 5.41) is 6.76. The van der Waals surface area contributed by atoms with Crippen LogP contribution in [0.4, 0.5) is 0 Å². The first-order chi connectivity index (χ1) is 15.1. The molecule has 2 aromatic rings. The molecule has 164 valence electrons.